The second-order valence-corrected chi connectivity index (χ2v) is 14.3. The molecular formula is C42H69NO7P+. The number of hydrogen-bond donors (Lipinski definition) is 1. The van der Waals surface area contributed by atoms with Crippen molar-refractivity contribution in [1.82, 2.24) is 0 Å². The molecule has 2 atom stereocenters. The number of nitrogens with zero attached hydrogens (tertiary/aromatic N) is 1. The first kappa shape index (κ1) is 48.2. The highest BCUT2D eigenvalue weighted by molar-refractivity contribution is 7.47. The summed E-state index contributed by atoms with van der Waals surface area (Å²) in [6.07, 6.45) is 47.4. The van der Waals surface area contributed by atoms with Crippen LogP contribution in [0.2, 0.25) is 0 Å². The van der Waals surface area contributed by atoms with Gasteiger partial charge in [-0.05, 0) is 70.6 Å². The van der Waals surface area contributed by atoms with E-state index in [1.807, 2.05) is 39.4 Å². The van der Waals surface area contributed by atoms with Crippen LogP contribution in [0, 0.1) is 0 Å². The zero-order chi connectivity index (χ0) is 37.7. The topological polar surface area (TPSA) is 91.3 Å². The van der Waals surface area contributed by atoms with Crippen molar-refractivity contribution in [2.75, 3.05) is 54.1 Å². The Morgan fingerprint density at radius 1 is 0.588 bits per heavy atom. The minimum absolute atomic E-state index is 0.0410. The quantitative estimate of drug-likeness (QED) is 0.0242. The van der Waals surface area contributed by atoms with Crippen molar-refractivity contribution >= 4 is 13.8 Å². The molecule has 0 aromatic heterocycles. The molecule has 288 valence electrons. The lowest BCUT2D eigenvalue weighted by molar-refractivity contribution is -0.870. The van der Waals surface area contributed by atoms with Crippen molar-refractivity contribution in [1.29, 1.82) is 0 Å². The Morgan fingerprint density at radius 3 is 1.43 bits per heavy atom. The average molecular weight is 731 g/mol. The zero-order valence-corrected chi connectivity index (χ0v) is 33.2. The molecule has 0 aromatic rings. The molecule has 0 amide bonds. The van der Waals surface area contributed by atoms with E-state index >= 15 is 0 Å². The molecule has 8 nitrogen and oxygen atoms in total. The molecule has 51 heavy (non-hydrogen) atoms. The number of hydrogen-bond acceptors (Lipinski definition) is 6. The fraction of sp³-hybridized carbons (Fsp3) is 0.548. The van der Waals surface area contributed by atoms with Crippen LogP contribution in [0.5, 0.6) is 0 Å². The van der Waals surface area contributed by atoms with Gasteiger partial charge in [0.05, 0.1) is 41.0 Å². The number of likely N-dealkylation sites (N-methyl/N-ethyl adjacent to an activating group) is 1. The van der Waals surface area contributed by atoms with Crippen LogP contribution in [0.4, 0.5) is 0 Å². The Morgan fingerprint density at radius 2 is 1.00 bits per heavy atom. The summed E-state index contributed by atoms with van der Waals surface area (Å²) < 4.78 is 34.6. The highest BCUT2D eigenvalue weighted by Crippen LogP contribution is 2.43. The Bertz CT molecular complexity index is 1170. The van der Waals surface area contributed by atoms with Crippen LogP contribution >= 0.6 is 7.82 Å². The maximum absolute atomic E-state index is 12.6. The predicted molar refractivity (Wildman–Crippen MR) is 214 cm³/mol. The molecule has 0 aliphatic rings. The standard InChI is InChI=1S/C42H68NO7P/c1-6-8-10-12-14-16-18-20-21-22-24-26-28-30-32-34-37-47-39-41(40-49-51(45,46)48-38-36-43(3,4)5)50-42(44)35-33-31-29-27-25-23-19-17-15-13-11-9-7-2/h8-11,14-17,20-21,23-26,29-32,41H,6-7,12-13,18-19,22,27-28,33-40H2,1-5H3/p+1/b10-8-,11-9-,16-14-,17-15-,21-20-,25-23-,26-24-,31-29-,32-30-. The van der Waals surface area contributed by atoms with Gasteiger partial charge in [0.15, 0.2) is 0 Å². The average Bonchev–Trinajstić information content (AvgIpc) is 3.08. The van der Waals surface area contributed by atoms with Gasteiger partial charge in [-0.25, -0.2) is 4.57 Å². The molecule has 0 rings (SSSR count). The van der Waals surface area contributed by atoms with Gasteiger partial charge in [0.2, 0.25) is 0 Å². The maximum atomic E-state index is 12.6. The van der Waals surface area contributed by atoms with E-state index in [1.54, 1.807) is 0 Å². The highest BCUT2D eigenvalue weighted by atomic mass is 31.2. The minimum atomic E-state index is -4.31. The van der Waals surface area contributed by atoms with Gasteiger partial charge < -0.3 is 18.9 Å². The fourth-order valence-corrected chi connectivity index (χ4v) is 4.78. The van der Waals surface area contributed by atoms with Gasteiger partial charge in [0.25, 0.3) is 0 Å². The lowest BCUT2D eigenvalue weighted by Crippen LogP contribution is -2.37. The lowest BCUT2D eigenvalue weighted by atomic mass is 10.2. The van der Waals surface area contributed by atoms with Crippen LogP contribution in [0.1, 0.15) is 90.9 Å². The summed E-state index contributed by atoms with van der Waals surface area (Å²) in [4.78, 5) is 22.7. The van der Waals surface area contributed by atoms with Gasteiger partial charge in [0, 0.05) is 6.42 Å². The molecule has 0 radical (unpaired) electrons. The molecular weight excluding hydrogens is 661 g/mol. The van der Waals surface area contributed by atoms with Crippen molar-refractivity contribution in [3.63, 3.8) is 0 Å². The maximum Gasteiger partial charge on any atom is 0.472 e. The third-order valence-electron chi connectivity index (χ3n) is 6.86. The first-order chi connectivity index (χ1) is 24.6. The summed E-state index contributed by atoms with van der Waals surface area (Å²) in [7, 11) is 1.55. The molecule has 0 aliphatic carbocycles. The smallest absolute Gasteiger partial charge is 0.457 e. The number of carbonyl (C=O) groups is 1. The number of esters is 1. The van der Waals surface area contributed by atoms with Gasteiger partial charge in [-0.3, -0.25) is 13.8 Å². The molecule has 0 heterocycles. The molecule has 0 saturated heterocycles. The first-order valence-corrected chi connectivity index (χ1v) is 20.1. The number of quaternary nitrogens is 1. The Balaban J connectivity index is 4.59. The molecule has 9 heteroatoms. The van der Waals surface area contributed by atoms with Gasteiger partial charge >= 0.3 is 13.8 Å². The summed E-state index contributed by atoms with van der Waals surface area (Å²) in [6, 6.07) is 0. The minimum Gasteiger partial charge on any atom is -0.457 e. The van der Waals surface area contributed by atoms with Crippen molar-refractivity contribution in [2.45, 2.75) is 97.0 Å². The number of carbonyl (C=O) groups excluding carboxylic acids is 1. The van der Waals surface area contributed by atoms with Crippen molar-refractivity contribution in [3.05, 3.63) is 109 Å². The number of rotatable bonds is 32. The van der Waals surface area contributed by atoms with E-state index < -0.39 is 19.9 Å². The van der Waals surface area contributed by atoms with E-state index in [0.29, 0.717) is 30.5 Å². The second kappa shape index (κ2) is 34.3. The number of ether oxygens (including phenoxy) is 2. The summed E-state index contributed by atoms with van der Waals surface area (Å²) in [5, 5.41) is 0. The normalized spacial score (nSPS) is 15.2. The van der Waals surface area contributed by atoms with E-state index in [9.17, 15) is 14.3 Å². The van der Waals surface area contributed by atoms with E-state index in [4.69, 9.17) is 18.5 Å². The summed E-state index contributed by atoms with van der Waals surface area (Å²) in [6.45, 7) is 5.00. The van der Waals surface area contributed by atoms with Crippen LogP contribution in [-0.4, -0.2) is 75.6 Å². The zero-order valence-electron chi connectivity index (χ0n) is 32.3. The summed E-state index contributed by atoms with van der Waals surface area (Å²) in [5.74, 6) is -0.425. The van der Waals surface area contributed by atoms with Crippen LogP contribution in [0.25, 0.3) is 0 Å². The molecule has 0 bridgehead atoms. The van der Waals surface area contributed by atoms with Crippen LogP contribution in [0.15, 0.2) is 109 Å². The molecule has 0 fully saturated rings. The summed E-state index contributed by atoms with van der Waals surface area (Å²) >= 11 is 0. The Kier molecular flexibility index (Phi) is 32.3. The largest absolute Gasteiger partial charge is 0.472 e. The van der Waals surface area contributed by atoms with Crippen molar-refractivity contribution < 1.29 is 37.3 Å². The molecule has 0 aliphatic heterocycles. The van der Waals surface area contributed by atoms with Crippen LogP contribution in [-0.2, 0) is 27.9 Å². The fourth-order valence-electron chi connectivity index (χ4n) is 4.04. The lowest BCUT2D eigenvalue weighted by Gasteiger charge is -2.24. The Labute approximate surface area is 310 Å². The third kappa shape index (κ3) is 38.2. The van der Waals surface area contributed by atoms with E-state index in [-0.39, 0.29) is 26.2 Å². The molecule has 0 spiro atoms. The Hall–Kier alpha value is -2.84. The number of phosphoric acid groups is 1. The van der Waals surface area contributed by atoms with Gasteiger partial charge in [-0.1, -0.05) is 123 Å². The van der Waals surface area contributed by atoms with Crippen molar-refractivity contribution in [2.24, 2.45) is 0 Å². The van der Waals surface area contributed by atoms with E-state index in [1.165, 1.54) is 0 Å². The molecule has 2 unspecified atom stereocenters. The SMILES string of the molecule is CC/C=C\C/C=C\C/C=C\C/C=C\C/C=C\CCOCC(COP(=O)(O)OCC[N+](C)(C)C)OC(=O)CC/C=C\C/C=C\C/C=C\C/C=C\CC. The van der Waals surface area contributed by atoms with Gasteiger partial charge in [0.1, 0.15) is 19.3 Å². The first-order valence-electron chi connectivity index (χ1n) is 18.6. The van der Waals surface area contributed by atoms with E-state index in [2.05, 4.69) is 105 Å². The van der Waals surface area contributed by atoms with Gasteiger partial charge in [-0.15, -0.1) is 0 Å². The monoisotopic (exact) mass is 730 g/mol. The molecule has 1 N–H and O–H groups in total. The summed E-state index contributed by atoms with van der Waals surface area (Å²) in [5.41, 5.74) is 0. The van der Waals surface area contributed by atoms with Crippen molar-refractivity contribution in [3.8, 4) is 0 Å². The molecule has 0 saturated carbocycles. The van der Waals surface area contributed by atoms with Gasteiger partial charge in [-0.2, -0.15) is 0 Å². The second-order valence-electron chi connectivity index (χ2n) is 12.8. The highest BCUT2D eigenvalue weighted by Gasteiger charge is 2.26. The number of phosphoric ester groups is 1. The number of allylic oxidation sites excluding steroid dienone is 17. The third-order valence-corrected chi connectivity index (χ3v) is 7.85. The van der Waals surface area contributed by atoms with Crippen LogP contribution in [0.3, 0.4) is 0 Å². The predicted octanol–water partition coefficient (Wildman–Crippen LogP) is 10.5. The van der Waals surface area contributed by atoms with E-state index in [0.717, 1.165) is 57.8 Å². The molecule has 0 aromatic carbocycles. The van der Waals surface area contributed by atoms with Crippen LogP contribution < -0.4 is 0 Å².